The summed E-state index contributed by atoms with van der Waals surface area (Å²) in [7, 11) is 0. The maximum absolute atomic E-state index is 13.6. The van der Waals surface area contributed by atoms with E-state index >= 15 is 0 Å². The molecule has 0 spiro atoms. The molecule has 9 nitrogen and oxygen atoms in total. The minimum atomic E-state index is -2.68. The van der Waals surface area contributed by atoms with E-state index in [4.69, 9.17) is 11.6 Å². The maximum atomic E-state index is 13.6. The lowest BCUT2D eigenvalue weighted by atomic mass is 10.1. The van der Waals surface area contributed by atoms with Gasteiger partial charge in [0.1, 0.15) is 5.02 Å². The first-order valence-corrected chi connectivity index (χ1v) is 13.3. The van der Waals surface area contributed by atoms with Crippen LogP contribution in [0.1, 0.15) is 46.0 Å². The molecule has 3 heterocycles. The van der Waals surface area contributed by atoms with Crippen molar-refractivity contribution >= 4 is 40.1 Å². The van der Waals surface area contributed by atoms with Crippen LogP contribution >= 0.6 is 11.6 Å². The molecule has 1 aromatic carbocycles. The van der Waals surface area contributed by atoms with Gasteiger partial charge in [-0.05, 0) is 57.2 Å². The number of benzene rings is 1. The van der Waals surface area contributed by atoms with Crippen LogP contribution < -0.4 is 15.9 Å². The zero-order valence-electron chi connectivity index (χ0n) is 21.5. The molecule has 3 aromatic rings. The van der Waals surface area contributed by atoms with Gasteiger partial charge in [0.15, 0.2) is 5.82 Å². The number of hydrogen-bond donors (Lipinski definition) is 3. The number of halogens is 3. The lowest BCUT2D eigenvalue weighted by Gasteiger charge is -2.31. The number of rotatable bonds is 9. The lowest BCUT2D eigenvalue weighted by Crippen LogP contribution is -2.40. The van der Waals surface area contributed by atoms with Crippen molar-refractivity contribution in [3.05, 3.63) is 39.9 Å². The fourth-order valence-electron chi connectivity index (χ4n) is 4.76. The summed E-state index contributed by atoms with van der Waals surface area (Å²) in [5, 5.41) is 24.3. The molecule has 5 rings (SSSR count). The van der Waals surface area contributed by atoms with Crippen molar-refractivity contribution in [3.63, 3.8) is 0 Å². The number of hydrogen-bond acceptors (Lipinski definition) is 7. The number of piperidine rings is 1. The van der Waals surface area contributed by atoms with Crippen molar-refractivity contribution in [2.75, 3.05) is 23.3 Å². The minimum Gasteiger partial charge on any atom is -0.391 e. The summed E-state index contributed by atoms with van der Waals surface area (Å²) in [5.74, 6) is -1.82. The van der Waals surface area contributed by atoms with Gasteiger partial charge in [0.05, 0.1) is 35.5 Å². The molecule has 38 heavy (non-hydrogen) atoms. The van der Waals surface area contributed by atoms with Crippen LogP contribution in [0.3, 0.4) is 0 Å². The summed E-state index contributed by atoms with van der Waals surface area (Å²) in [6.07, 6.45) is 2.62. The Morgan fingerprint density at radius 2 is 1.92 bits per heavy atom. The highest BCUT2D eigenvalue weighted by Crippen LogP contribution is 2.34. The van der Waals surface area contributed by atoms with E-state index in [-0.39, 0.29) is 49.1 Å². The van der Waals surface area contributed by atoms with Gasteiger partial charge in [-0.25, -0.2) is 18.6 Å². The van der Waals surface area contributed by atoms with Crippen LogP contribution in [0, 0.1) is 5.92 Å². The van der Waals surface area contributed by atoms with Crippen molar-refractivity contribution in [2.24, 2.45) is 5.92 Å². The predicted octanol–water partition coefficient (Wildman–Crippen LogP) is 4.16. The molecule has 1 unspecified atom stereocenters. The number of aliphatic hydroxyl groups is 2. The molecule has 206 valence electrons. The monoisotopic (exact) mass is 550 g/mol. The van der Waals surface area contributed by atoms with Gasteiger partial charge in [-0.1, -0.05) is 11.6 Å². The molecule has 3 N–H and O–H groups in total. The van der Waals surface area contributed by atoms with Gasteiger partial charge < -0.3 is 20.4 Å². The highest BCUT2D eigenvalue weighted by atomic mass is 35.5. The number of imidazole rings is 1. The Morgan fingerprint density at radius 3 is 2.58 bits per heavy atom. The smallest absolute Gasteiger partial charge is 0.329 e. The molecule has 12 heteroatoms. The predicted molar refractivity (Wildman–Crippen MR) is 143 cm³/mol. The van der Waals surface area contributed by atoms with Gasteiger partial charge in [-0.3, -0.25) is 9.13 Å². The van der Waals surface area contributed by atoms with Gasteiger partial charge in [0.2, 0.25) is 5.95 Å². The van der Waals surface area contributed by atoms with Gasteiger partial charge in [-0.15, -0.1) is 0 Å². The van der Waals surface area contributed by atoms with Crippen LogP contribution in [0.15, 0.2) is 29.2 Å². The average molecular weight is 551 g/mol. The van der Waals surface area contributed by atoms with E-state index in [9.17, 15) is 23.8 Å². The first-order valence-electron chi connectivity index (χ1n) is 13.0. The summed E-state index contributed by atoms with van der Waals surface area (Å²) < 4.78 is 30.4. The number of anilines is 3. The number of aromatic nitrogens is 4. The normalized spacial score (nSPS) is 18.7. The molecule has 2 aliphatic rings. The Kier molecular flexibility index (Phi) is 7.12. The maximum Gasteiger partial charge on any atom is 0.329 e. The second kappa shape index (κ2) is 10.1. The summed E-state index contributed by atoms with van der Waals surface area (Å²) >= 11 is 6.36. The third-order valence-electron chi connectivity index (χ3n) is 7.27. The Morgan fingerprint density at radius 1 is 1.21 bits per heavy atom. The zero-order chi connectivity index (χ0) is 27.2. The molecule has 2 aromatic heterocycles. The summed E-state index contributed by atoms with van der Waals surface area (Å²) in [4.78, 5) is 23.8. The number of nitrogens with zero attached hydrogens (tertiary/aromatic N) is 5. The first kappa shape index (κ1) is 26.8. The number of aryl methyl sites for hydroxylation is 1. The quantitative estimate of drug-likeness (QED) is 0.367. The van der Waals surface area contributed by atoms with Crippen molar-refractivity contribution in [1.29, 1.82) is 0 Å². The van der Waals surface area contributed by atoms with Gasteiger partial charge >= 0.3 is 5.69 Å². The molecule has 2 fully saturated rings. The molecule has 0 bridgehead atoms. The van der Waals surface area contributed by atoms with Gasteiger partial charge in [0, 0.05) is 38.2 Å². The van der Waals surface area contributed by atoms with Crippen molar-refractivity contribution in [2.45, 2.75) is 76.7 Å². The fourth-order valence-corrected chi connectivity index (χ4v) is 4.90. The molecule has 0 radical (unpaired) electrons. The number of aliphatic hydroxyl groups excluding tert-OH is 1. The average Bonchev–Trinajstić information content (AvgIpc) is 3.66. The van der Waals surface area contributed by atoms with Gasteiger partial charge in [0.25, 0.3) is 5.92 Å². The highest BCUT2D eigenvalue weighted by molar-refractivity contribution is 6.32. The van der Waals surface area contributed by atoms with E-state index in [1.54, 1.807) is 40.0 Å². The minimum absolute atomic E-state index is 0.147. The topological polar surface area (TPSA) is 108 Å². The SMILES string of the molecule is CC(C)(O)CCn1c(=O)n(CC(O)C2CC2)c2ccc(Nc3nc(N4CCC(F)(F)CC4)ncc3Cl)cc21. The van der Waals surface area contributed by atoms with Crippen LogP contribution in [0.5, 0.6) is 0 Å². The van der Waals surface area contributed by atoms with Crippen LogP contribution in [-0.4, -0.2) is 60.0 Å². The molecule has 1 aliphatic carbocycles. The molecule has 1 atom stereocenters. The third kappa shape index (κ3) is 5.94. The highest BCUT2D eigenvalue weighted by Gasteiger charge is 2.35. The van der Waals surface area contributed by atoms with E-state index in [0.717, 1.165) is 12.8 Å². The van der Waals surface area contributed by atoms with E-state index in [2.05, 4.69) is 15.3 Å². The van der Waals surface area contributed by atoms with E-state index in [0.29, 0.717) is 41.5 Å². The summed E-state index contributed by atoms with van der Waals surface area (Å²) in [6.45, 7) is 4.19. The second-order valence-electron chi connectivity index (χ2n) is 11.1. The van der Waals surface area contributed by atoms with E-state index < -0.39 is 17.6 Å². The molecular weight excluding hydrogens is 518 g/mol. The Labute approximate surface area is 224 Å². The Bertz CT molecular complexity index is 1370. The molecule has 1 saturated carbocycles. The Balaban J connectivity index is 1.45. The van der Waals surface area contributed by atoms with Crippen molar-refractivity contribution in [3.8, 4) is 0 Å². The molecular formula is C26H33ClF2N6O3. The standard InChI is InChI=1S/C26H33ClF2N6O3/c1-25(2,38)7-12-34-20-13-17(5-6-19(20)35(24(34)37)15-21(36)16-3-4-16)31-22-18(27)14-30-23(32-22)33-10-8-26(28,29)9-11-33/h5-6,13-14,16,21,36,38H,3-4,7-12,15H2,1-2H3,(H,30,31,32). The zero-order valence-corrected chi connectivity index (χ0v) is 22.3. The van der Waals surface area contributed by atoms with Crippen LogP contribution in [0.2, 0.25) is 5.02 Å². The number of fused-ring (bicyclic) bond motifs is 1. The summed E-state index contributed by atoms with van der Waals surface area (Å²) in [6, 6.07) is 5.41. The van der Waals surface area contributed by atoms with Crippen molar-refractivity contribution < 1.29 is 19.0 Å². The van der Waals surface area contributed by atoms with Crippen molar-refractivity contribution in [1.82, 2.24) is 19.1 Å². The third-order valence-corrected chi connectivity index (χ3v) is 7.55. The first-order chi connectivity index (χ1) is 17.9. The number of nitrogens with one attached hydrogen (secondary N) is 1. The summed E-state index contributed by atoms with van der Waals surface area (Å²) in [5.41, 5.74) is 0.743. The van der Waals surface area contributed by atoms with Crippen LogP contribution in [0.25, 0.3) is 11.0 Å². The van der Waals surface area contributed by atoms with Crippen LogP contribution in [0.4, 0.5) is 26.2 Å². The van der Waals surface area contributed by atoms with Gasteiger partial charge in [-0.2, -0.15) is 4.98 Å². The van der Waals surface area contributed by atoms with E-state index in [1.807, 2.05) is 6.07 Å². The lowest BCUT2D eigenvalue weighted by molar-refractivity contribution is -0.0222. The second-order valence-corrected chi connectivity index (χ2v) is 11.5. The Hall–Kier alpha value is -2.76. The van der Waals surface area contributed by atoms with Crippen LogP contribution in [-0.2, 0) is 13.1 Å². The molecule has 0 amide bonds. The molecule has 1 aliphatic heterocycles. The number of alkyl halides is 2. The molecule has 1 saturated heterocycles. The fraction of sp³-hybridized carbons (Fsp3) is 0.577. The largest absolute Gasteiger partial charge is 0.391 e. The van der Waals surface area contributed by atoms with E-state index in [1.165, 1.54) is 6.20 Å².